The van der Waals surface area contributed by atoms with E-state index < -0.39 is 0 Å². The number of likely N-dealkylation sites (N-methyl/N-ethyl adjacent to an activating group) is 1. The fraction of sp³-hybridized carbons (Fsp3) is 0.375. The van der Waals surface area contributed by atoms with Crippen molar-refractivity contribution in [2.45, 2.75) is 13.8 Å². The number of rotatable bonds is 4. The van der Waals surface area contributed by atoms with E-state index in [2.05, 4.69) is 47.3 Å². The summed E-state index contributed by atoms with van der Waals surface area (Å²) in [5.74, 6) is 0. The lowest BCUT2D eigenvalue weighted by atomic mass is 10.0. The molecule has 4 heteroatoms. The predicted octanol–water partition coefficient (Wildman–Crippen LogP) is 2.70. The van der Waals surface area contributed by atoms with Gasteiger partial charge in [0.05, 0.1) is 16.8 Å². The summed E-state index contributed by atoms with van der Waals surface area (Å²) in [7, 11) is 4.07. The lowest BCUT2D eigenvalue weighted by Crippen LogP contribution is -2.21. The standard InChI is InChI=1S/C16H20N4/c1-11-7-12(2)15-14(8-11)16(13(9-17)10-19-15)18-5-6-20(3)4/h7-8,10H,5-6H2,1-4H3,(H,18,19). The minimum Gasteiger partial charge on any atom is -0.382 e. The second-order valence-corrected chi connectivity index (χ2v) is 5.37. The first-order chi connectivity index (χ1) is 9.52. The van der Waals surface area contributed by atoms with Crippen molar-refractivity contribution in [3.05, 3.63) is 35.0 Å². The summed E-state index contributed by atoms with van der Waals surface area (Å²) in [6.07, 6.45) is 1.66. The zero-order valence-corrected chi connectivity index (χ0v) is 12.5. The number of anilines is 1. The van der Waals surface area contributed by atoms with Gasteiger partial charge in [0.25, 0.3) is 0 Å². The van der Waals surface area contributed by atoms with E-state index in [1.807, 2.05) is 14.1 Å². The van der Waals surface area contributed by atoms with E-state index in [1.54, 1.807) is 6.20 Å². The van der Waals surface area contributed by atoms with E-state index in [1.165, 1.54) is 5.56 Å². The van der Waals surface area contributed by atoms with Crippen molar-refractivity contribution in [1.29, 1.82) is 5.26 Å². The molecule has 0 aliphatic heterocycles. The molecule has 1 heterocycles. The summed E-state index contributed by atoms with van der Waals surface area (Å²) in [6.45, 7) is 5.83. The summed E-state index contributed by atoms with van der Waals surface area (Å²) in [5, 5.41) is 13.7. The third kappa shape index (κ3) is 2.89. The van der Waals surface area contributed by atoms with Crippen molar-refractivity contribution in [2.75, 3.05) is 32.5 Å². The Morgan fingerprint density at radius 2 is 2.05 bits per heavy atom. The number of benzene rings is 1. The first-order valence-corrected chi connectivity index (χ1v) is 6.71. The van der Waals surface area contributed by atoms with Crippen LogP contribution < -0.4 is 5.32 Å². The molecular formula is C16H20N4. The fourth-order valence-electron chi connectivity index (χ4n) is 2.34. The van der Waals surface area contributed by atoms with Crippen molar-refractivity contribution >= 4 is 16.6 Å². The van der Waals surface area contributed by atoms with Crippen LogP contribution in [-0.2, 0) is 0 Å². The topological polar surface area (TPSA) is 52.0 Å². The first-order valence-electron chi connectivity index (χ1n) is 6.71. The van der Waals surface area contributed by atoms with Crippen LogP contribution in [0.2, 0.25) is 0 Å². The molecule has 0 saturated carbocycles. The molecule has 1 aromatic heterocycles. The van der Waals surface area contributed by atoms with Crippen LogP contribution >= 0.6 is 0 Å². The summed E-state index contributed by atoms with van der Waals surface area (Å²) in [5.41, 5.74) is 4.78. The van der Waals surface area contributed by atoms with Crippen molar-refractivity contribution in [2.24, 2.45) is 0 Å². The van der Waals surface area contributed by atoms with Gasteiger partial charge in [-0.05, 0) is 39.6 Å². The summed E-state index contributed by atoms with van der Waals surface area (Å²) < 4.78 is 0. The minimum atomic E-state index is 0.598. The third-order valence-electron chi connectivity index (χ3n) is 3.29. The lowest BCUT2D eigenvalue weighted by molar-refractivity contribution is 0.425. The van der Waals surface area contributed by atoms with Gasteiger partial charge in [-0.25, -0.2) is 0 Å². The average Bonchev–Trinajstić information content (AvgIpc) is 2.38. The molecule has 0 spiro atoms. The Morgan fingerprint density at radius 1 is 1.30 bits per heavy atom. The number of nitrogens with one attached hydrogen (secondary N) is 1. The van der Waals surface area contributed by atoms with E-state index in [-0.39, 0.29) is 0 Å². The maximum Gasteiger partial charge on any atom is 0.103 e. The molecule has 0 aliphatic rings. The molecule has 0 amide bonds. The average molecular weight is 268 g/mol. The predicted molar refractivity (Wildman–Crippen MR) is 83.0 cm³/mol. The molecule has 0 bridgehead atoms. The van der Waals surface area contributed by atoms with E-state index in [9.17, 15) is 5.26 Å². The molecule has 0 radical (unpaired) electrons. The van der Waals surface area contributed by atoms with Gasteiger partial charge in [-0.1, -0.05) is 11.6 Å². The highest BCUT2D eigenvalue weighted by Crippen LogP contribution is 2.28. The number of hydrogen-bond donors (Lipinski definition) is 1. The molecule has 0 saturated heterocycles. The van der Waals surface area contributed by atoms with Crippen molar-refractivity contribution in [1.82, 2.24) is 9.88 Å². The van der Waals surface area contributed by atoms with Gasteiger partial charge in [-0.15, -0.1) is 0 Å². The summed E-state index contributed by atoms with van der Waals surface area (Å²) in [6, 6.07) is 6.43. The lowest BCUT2D eigenvalue weighted by Gasteiger charge is -2.15. The number of pyridine rings is 1. The van der Waals surface area contributed by atoms with Crippen LogP contribution in [0.5, 0.6) is 0 Å². The van der Waals surface area contributed by atoms with E-state index >= 15 is 0 Å². The molecule has 2 aromatic rings. The van der Waals surface area contributed by atoms with Gasteiger partial charge in [0.1, 0.15) is 6.07 Å². The fourth-order valence-corrected chi connectivity index (χ4v) is 2.34. The second kappa shape index (κ2) is 5.89. The molecule has 0 atom stereocenters. The molecule has 0 unspecified atom stereocenters. The van der Waals surface area contributed by atoms with Gasteiger partial charge in [-0.2, -0.15) is 5.26 Å². The van der Waals surface area contributed by atoms with E-state index in [4.69, 9.17) is 0 Å². The Morgan fingerprint density at radius 3 is 2.70 bits per heavy atom. The molecule has 1 aromatic carbocycles. The van der Waals surface area contributed by atoms with Gasteiger partial charge < -0.3 is 10.2 Å². The van der Waals surface area contributed by atoms with Crippen molar-refractivity contribution < 1.29 is 0 Å². The number of hydrogen-bond acceptors (Lipinski definition) is 4. The second-order valence-electron chi connectivity index (χ2n) is 5.37. The molecule has 0 aliphatic carbocycles. The minimum absolute atomic E-state index is 0.598. The zero-order chi connectivity index (χ0) is 14.7. The molecule has 2 rings (SSSR count). The Balaban J connectivity index is 2.51. The number of fused-ring (bicyclic) bond motifs is 1. The van der Waals surface area contributed by atoms with Crippen LogP contribution in [0.15, 0.2) is 18.3 Å². The maximum absolute atomic E-state index is 9.28. The number of aromatic nitrogens is 1. The summed E-state index contributed by atoms with van der Waals surface area (Å²) in [4.78, 5) is 6.53. The molecule has 0 fully saturated rings. The smallest absolute Gasteiger partial charge is 0.103 e. The van der Waals surface area contributed by atoms with E-state index in [0.29, 0.717) is 5.56 Å². The highest BCUT2D eigenvalue weighted by atomic mass is 15.1. The number of aryl methyl sites for hydroxylation is 2. The number of nitrogens with zero attached hydrogens (tertiary/aromatic N) is 3. The largest absolute Gasteiger partial charge is 0.382 e. The van der Waals surface area contributed by atoms with Gasteiger partial charge in [0.2, 0.25) is 0 Å². The van der Waals surface area contributed by atoms with Crippen LogP contribution in [0.3, 0.4) is 0 Å². The van der Waals surface area contributed by atoms with Crippen LogP contribution in [0.25, 0.3) is 10.9 Å². The van der Waals surface area contributed by atoms with Crippen molar-refractivity contribution in [3.63, 3.8) is 0 Å². The Hall–Kier alpha value is -2.12. The molecule has 104 valence electrons. The SMILES string of the molecule is Cc1cc(C)c2ncc(C#N)c(NCCN(C)C)c2c1. The first kappa shape index (κ1) is 14.3. The highest BCUT2D eigenvalue weighted by molar-refractivity contribution is 5.96. The van der Waals surface area contributed by atoms with Crippen LogP contribution in [0, 0.1) is 25.2 Å². The molecule has 4 nitrogen and oxygen atoms in total. The van der Waals surface area contributed by atoms with Gasteiger partial charge >= 0.3 is 0 Å². The van der Waals surface area contributed by atoms with Crippen LogP contribution in [-0.4, -0.2) is 37.1 Å². The molecular weight excluding hydrogens is 248 g/mol. The molecule has 1 N–H and O–H groups in total. The highest BCUT2D eigenvalue weighted by Gasteiger charge is 2.10. The summed E-state index contributed by atoms with van der Waals surface area (Å²) >= 11 is 0. The zero-order valence-electron chi connectivity index (χ0n) is 12.5. The normalized spacial score (nSPS) is 10.8. The molecule has 20 heavy (non-hydrogen) atoms. The van der Waals surface area contributed by atoms with E-state index in [0.717, 1.165) is 35.2 Å². The maximum atomic E-state index is 9.28. The Kier molecular flexibility index (Phi) is 4.21. The van der Waals surface area contributed by atoms with Gasteiger partial charge in [0, 0.05) is 24.7 Å². The van der Waals surface area contributed by atoms with Crippen LogP contribution in [0.4, 0.5) is 5.69 Å². The van der Waals surface area contributed by atoms with Gasteiger partial charge in [0.15, 0.2) is 0 Å². The van der Waals surface area contributed by atoms with Gasteiger partial charge in [-0.3, -0.25) is 4.98 Å². The Labute approximate surface area is 120 Å². The quantitative estimate of drug-likeness (QED) is 0.926. The monoisotopic (exact) mass is 268 g/mol. The third-order valence-corrected chi connectivity index (χ3v) is 3.29. The van der Waals surface area contributed by atoms with Crippen molar-refractivity contribution in [3.8, 4) is 6.07 Å². The Bertz CT molecular complexity index is 668. The van der Waals surface area contributed by atoms with Crippen LogP contribution in [0.1, 0.15) is 16.7 Å². The number of nitriles is 1.